The quantitative estimate of drug-likeness (QED) is 0.426. The SMILES string of the molecule is Cl.NNC(=O)COc1ccccc1. The summed E-state index contributed by atoms with van der Waals surface area (Å²) in [7, 11) is 0. The molecule has 1 aromatic carbocycles. The lowest BCUT2D eigenvalue weighted by molar-refractivity contribution is -0.123. The predicted octanol–water partition coefficient (Wildman–Crippen LogP) is 0.477. The topological polar surface area (TPSA) is 64.3 Å². The van der Waals surface area contributed by atoms with Crippen molar-refractivity contribution in [2.24, 2.45) is 5.84 Å². The minimum atomic E-state index is -0.348. The van der Waals surface area contributed by atoms with Gasteiger partial charge < -0.3 is 4.74 Å². The van der Waals surface area contributed by atoms with Gasteiger partial charge in [0.05, 0.1) is 0 Å². The van der Waals surface area contributed by atoms with E-state index in [0.717, 1.165) is 0 Å². The molecule has 0 saturated carbocycles. The van der Waals surface area contributed by atoms with Crippen molar-refractivity contribution in [2.75, 3.05) is 6.61 Å². The summed E-state index contributed by atoms with van der Waals surface area (Å²) in [5, 5.41) is 0. The Morgan fingerprint density at radius 2 is 2.00 bits per heavy atom. The van der Waals surface area contributed by atoms with Crippen molar-refractivity contribution in [1.82, 2.24) is 5.43 Å². The molecule has 3 N–H and O–H groups in total. The maximum atomic E-state index is 10.6. The van der Waals surface area contributed by atoms with Gasteiger partial charge in [0.1, 0.15) is 5.75 Å². The summed E-state index contributed by atoms with van der Waals surface area (Å²) >= 11 is 0. The number of ether oxygens (including phenoxy) is 1. The maximum absolute atomic E-state index is 10.6. The van der Waals surface area contributed by atoms with E-state index < -0.39 is 0 Å². The van der Waals surface area contributed by atoms with E-state index in [-0.39, 0.29) is 24.9 Å². The molecule has 13 heavy (non-hydrogen) atoms. The van der Waals surface area contributed by atoms with Gasteiger partial charge in [0.2, 0.25) is 0 Å². The molecule has 0 aliphatic rings. The molecule has 1 rings (SSSR count). The minimum Gasteiger partial charge on any atom is -0.484 e. The maximum Gasteiger partial charge on any atom is 0.271 e. The van der Waals surface area contributed by atoms with Crippen LogP contribution in [-0.2, 0) is 4.79 Å². The van der Waals surface area contributed by atoms with Crippen LogP contribution in [0.2, 0.25) is 0 Å². The van der Waals surface area contributed by atoms with E-state index >= 15 is 0 Å². The van der Waals surface area contributed by atoms with E-state index in [0.29, 0.717) is 5.75 Å². The molecular weight excluding hydrogens is 192 g/mol. The summed E-state index contributed by atoms with van der Waals surface area (Å²) in [6.45, 7) is -0.0550. The number of nitrogens with one attached hydrogen (secondary N) is 1. The molecule has 0 saturated heterocycles. The Kier molecular flexibility index (Phi) is 5.67. The fourth-order valence-corrected chi connectivity index (χ4v) is 0.707. The van der Waals surface area contributed by atoms with E-state index in [9.17, 15) is 4.79 Å². The summed E-state index contributed by atoms with van der Waals surface area (Å²) in [6, 6.07) is 9.06. The second-order valence-corrected chi connectivity index (χ2v) is 2.17. The molecule has 4 nitrogen and oxygen atoms in total. The zero-order chi connectivity index (χ0) is 8.81. The van der Waals surface area contributed by atoms with Crippen molar-refractivity contribution in [3.63, 3.8) is 0 Å². The summed E-state index contributed by atoms with van der Waals surface area (Å²) in [5.74, 6) is 5.16. The van der Waals surface area contributed by atoms with Crippen molar-refractivity contribution in [1.29, 1.82) is 0 Å². The Hall–Kier alpha value is -1.26. The number of carbonyl (C=O) groups is 1. The molecule has 0 aromatic heterocycles. The highest BCUT2D eigenvalue weighted by Gasteiger charge is 1.97. The number of carbonyl (C=O) groups excluding carboxylic acids is 1. The number of nitrogens with two attached hydrogens (primary N) is 1. The van der Waals surface area contributed by atoms with Crippen molar-refractivity contribution in [2.45, 2.75) is 0 Å². The molecule has 1 aromatic rings. The normalized spacial score (nSPS) is 8.38. The zero-order valence-electron chi connectivity index (χ0n) is 6.90. The highest BCUT2D eigenvalue weighted by Crippen LogP contribution is 2.07. The fourth-order valence-electron chi connectivity index (χ4n) is 0.707. The molecule has 0 heterocycles. The number of hydrogen-bond donors (Lipinski definition) is 2. The summed E-state index contributed by atoms with van der Waals surface area (Å²) in [5.41, 5.74) is 1.97. The van der Waals surface area contributed by atoms with E-state index in [1.54, 1.807) is 12.1 Å². The van der Waals surface area contributed by atoms with E-state index in [1.807, 2.05) is 23.6 Å². The smallest absolute Gasteiger partial charge is 0.271 e. The average molecular weight is 203 g/mol. The second kappa shape index (κ2) is 6.28. The first-order chi connectivity index (χ1) is 5.83. The van der Waals surface area contributed by atoms with Crippen LogP contribution in [0.15, 0.2) is 30.3 Å². The van der Waals surface area contributed by atoms with Crippen LogP contribution < -0.4 is 16.0 Å². The molecule has 0 unspecified atom stereocenters. The van der Waals surface area contributed by atoms with Crippen LogP contribution in [0.25, 0.3) is 0 Å². The summed E-state index contributed by atoms with van der Waals surface area (Å²) < 4.78 is 5.07. The Balaban J connectivity index is 0.00000144. The number of benzene rings is 1. The van der Waals surface area contributed by atoms with Crippen LogP contribution in [0.1, 0.15) is 0 Å². The lowest BCUT2D eigenvalue weighted by Gasteiger charge is -2.03. The third kappa shape index (κ3) is 4.35. The van der Waals surface area contributed by atoms with Crippen LogP contribution in [0.3, 0.4) is 0 Å². The van der Waals surface area contributed by atoms with Crippen LogP contribution >= 0.6 is 12.4 Å². The van der Waals surface area contributed by atoms with Crippen LogP contribution in [-0.4, -0.2) is 12.5 Å². The molecule has 1 amide bonds. The molecule has 0 spiro atoms. The summed E-state index contributed by atoms with van der Waals surface area (Å²) in [4.78, 5) is 10.6. The first-order valence-corrected chi connectivity index (χ1v) is 3.50. The number of hydrazine groups is 1. The monoisotopic (exact) mass is 202 g/mol. The van der Waals surface area contributed by atoms with E-state index in [2.05, 4.69) is 0 Å². The van der Waals surface area contributed by atoms with Gasteiger partial charge in [-0.2, -0.15) is 0 Å². The summed E-state index contributed by atoms with van der Waals surface area (Å²) in [6.07, 6.45) is 0. The van der Waals surface area contributed by atoms with Gasteiger partial charge in [0.25, 0.3) is 5.91 Å². The first kappa shape index (κ1) is 11.7. The number of rotatable bonds is 3. The largest absolute Gasteiger partial charge is 0.484 e. The molecule has 5 heteroatoms. The lowest BCUT2D eigenvalue weighted by Crippen LogP contribution is -2.34. The van der Waals surface area contributed by atoms with Gasteiger partial charge in [-0.3, -0.25) is 10.2 Å². The van der Waals surface area contributed by atoms with Gasteiger partial charge in [0, 0.05) is 0 Å². The average Bonchev–Trinajstić information content (AvgIpc) is 2.16. The van der Waals surface area contributed by atoms with E-state index in [1.165, 1.54) is 0 Å². The molecule has 0 bridgehead atoms. The van der Waals surface area contributed by atoms with Crippen LogP contribution in [0.4, 0.5) is 0 Å². The van der Waals surface area contributed by atoms with Gasteiger partial charge in [-0.15, -0.1) is 12.4 Å². The molecule has 0 aliphatic carbocycles. The Labute approximate surface area is 82.4 Å². The molecule has 0 atom stereocenters. The van der Waals surface area contributed by atoms with Gasteiger partial charge in [-0.25, -0.2) is 5.84 Å². The number of hydrogen-bond acceptors (Lipinski definition) is 3. The van der Waals surface area contributed by atoms with Crippen LogP contribution in [0.5, 0.6) is 5.75 Å². The Morgan fingerprint density at radius 3 is 2.54 bits per heavy atom. The van der Waals surface area contributed by atoms with E-state index in [4.69, 9.17) is 10.6 Å². The van der Waals surface area contributed by atoms with Crippen molar-refractivity contribution >= 4 is 18.3 Å². The lowest BCUT2D eigenvalue weighted by atomic mass is 10.3. The number of para-hydroxylation sites is 1. The van der Waals surface area contributed by atoms with Gasteiger partial charge in [-0.1, -0.05) is 18.2 Å². The van der Waals surface area contributed by atoms with Gasteiger partial charge >= 0.3 is 0 Å². The highest BCUT2D eigenvalue weighted by atomic mass is 35.5. The standard InChI is InChI=1S/C8H10N2O2.ClH/c9-10-8(11)6-12-7-4-2-1-3-5-7;/h1-5H,6,9H2,(H,10,11);1H. The first-order valence-electron chi connectivity index (χ1n) is 3.50. The fraction of sp³-hybridized carbons (Fsp3) is 0.125. The number of halogens is 1. The Morgan fingerprint density at radius 1 is 1.38 bits per heavy atom. The second-order valence-electron chi connectivity index (χ2n) is 2.17. The molecule has 0 aliphatic heterocycles. The molecule has 72 valence electrons. The van der Waals surface area contributed by atoms with Crippen molar-refractivity contribution in [3.8, 4) is 5.75 Å². The predicted molar refractivity (Wildman–Crippen MR) is 51.5 cm³/mol. The zero-order valence-corrected chi connectivity index (χ0v) is 7.71. The molecular formula is C8H11ClN2O2. The van der Waals surface area contributed by atoms with Gasteiger partial charge in [-0.05, 0) is 12.1 Å². The van der Waals surface area contributed by atoms with Crippen LogP contribution in [0, 0.1) is 0 Å². The highest BCUT2D eigenvalue weighted by molar-refractivity contribution is 5.85. The molecule has 0 radical (unpaired) electrons. The van der Waals surface area contributed by atoms with Crippen molar-refractivity contribution in [3.05, 3.63) is 30.3 Å². The number of amides is 1. The Bertz CT molecular complexity index is 254. The van der Waals surface area contributed by atoms with Crippen molar-refractivity contribution < 1.29 is 9.53 Å². The third-order valence-electron chi connectivity index (χ3n) is 1.27. The minimum absolute atomic E-state index is 0. The third-order valence-corrected chi connectivity index (χ3v) is 1.27. The van der Waals surface area contributed by atoms with Gasteiger partial charge in [0.15, 0.2) is 6.61 Å². The molecule has 0 fully saturated rings.